The molecule has 2 saturated heterocycles. The molecule has 4 heteroatoms. The van der Waals surface area contributed by atoms with Crippen LogP contribution in [-0.4, -0.2) is 41.6 Å². The molecule has 2 N–H and O–H groups in total. The van der Waals surface area contributed by atoms with Crippen LogP contribution in [0.4, 0.5) is 0 Å². The van der Waals surface area contributed by atoms with E-state index in [1.165, 1.54) is 0 Å². The van der Waals surface area contributed by atoms with Crippen LogP contribution in [0.1, 0.15) is 22.3 Å². The maximum Gasteiger partial charge on any atom is 0.257 e. The highest BCUT2D eigenvalue weighted by Gasteiger charge is 2.40. The summed E-state index contributed by atoms with van der Waals surface area (Å²) in [6.07, 6.45) is 1.07. The Morgan fingerprint density at radius 3 is 3.11 bits per heavy atom. The third kappa shape index (κ3) is 1.68. The van der Waals surface area contributed by atoms with Crippen LogP contribution in [0.2, 0.25) is 0 Å². The summed E-state index contributed by atoms with van der Waals surface area (Å²) in [7, 11) is 0. The Kier molecular flexibility index (Phi) is 2.74. The van der Waals surface area contributed by atoms with E-state index in [9.17, 15) is 9.90 Å². The van der Waals surface area contributed by atoms with E-state index in [-0.39, 0.29) is 11.7 Å². The lowest BCUT2D eigenvalue weighted by Crippen LogP contribution is -2.39. The Morgan fingerprint density at radius 1 is 1.44 bits per heavy atom. The molecule has 2 fully saturated rings. The topological polar surface area (TPSA) is 52.6 Å². The number of carbonyl (C=O) groups excluding carboxylic acids is 1. The predicted octanol–water partition coefficient (Wildman–Crippen LogP) is 1.13. The van der Waals surface area contributed by atoms with Gasteiger partial charge in [0.2, 0.25) is 0 Å². The van der Waals surface area contributed by atoms with Gasteiger partial charge in [-0.25, -0.2) is 0 Å². The Labute approximate surface area is 107 Å². The van der Waals surface area contributed by atoms with E-state index in [0.717, 1.165) is 31.6 Å². The minimum absolute atomic E-state index is 0.0348. The number of nitrogens with one attached hydrogen (secondary N) is 1. The molecule has 0 aromatic heterocycles. The number of fused-ring (bicyclic) bond motifs is 1. The number of para-hydroxylation sites is 1. The SMILES string of the molecule is Cc1cccc(C(=O)N2CC[C@H]3CNC[C@H]32)c1O. The normalized spacial score (nSPS) is 26.4. The zero-order chi connectivity index (χ0) is 12.7. The van der Waals surface area contributed by atoms with Crippen LogP contribution < -0.4 is 5.32 Å². The molecule has 2 atom stereocenters. The van der Waals surface area contributed by atoms with Gasteiger partial charge in [-0.3, -0.25) is 4.79 Å². The van der Waals surface area contributed by atoms with Crippen LogP contribution in [0, 0.1) is 12.8 Å². The van der Waals surface area contributed by atoms with Gasteiger partial charge in [0.05, 0.1) is 5.56 Å². The van der Waals surface area contributed by atoms with Crippen LogP contribution in [0.25, 0.3) is 0 Å². The fraction of sp³-hybridized carbons (Fsp3) is 0.500. The lowest BCUT2D eigenvalue weighted by Gasteiger charge is -2.24. The number of phenols is 1. The number of hydrogen-bond acceptors (Lipinski definition) is 3. The molecule has 0 spiro atoms. The van der Waals surface area contributed by atoms with Gasteiger partial charge in [0.15, 0.2) is 0 Å². The molecule has 1 amide bonds. The number of nitrogens with zero attached hydrogens (tertiary/aromatic N) is 1. The van der Waals surface area contributed by atoms with Crippen molar-refractivity contribution < 1.29 is 9.90 Å². The number of phenolic OH excluding ortho intramolecular Hbond substituents is 1. The second-order valence-electron chi connectivity index (χ2n) is 5.24. The first kappa shape index (κ1) is 11.5. The lowest BCUT2D eigenvalue weighted by atomic mass is 10.0. The first-order valence-corrected chi connectivity index (χ1v) is 6.48. The summed E-state index contributed by atoms with van der Waals surface area (Å²) >= 11 is 0. The van der Waals surface area contributed by atoms with Gasteiger partial charge in [-0.1, -0.05) is 12.1 Å². The predicted molar refractivity (Wildman–Crippen MR) is 68.6 cm³/mol. The standard InChI is InChI=1S/C14H18N2O2/c1-9-3-2-4-11(13(9)17)14(18)16-6-5-10-7-15-8-12(10)16/h2-4,10,12,15,17H,5-8H2,1H3/t10-,12+/m0/s1. The van der Waals surface area contributed by atoms with Crippen molar-refractivity contribution in [3.05, 3.63) is 29.3 Å². The lowest BCUT2D eigenvalue weighted by molar-refractivity contribution is 0.0734. The van der Waals surface area contributed by atoms with Crippen molar-refractivity contribution >= 4 is 5.91 Å². The molecule has 1 aromatic carbocycles. The van der Waals surface area contributed by atoms with Crippen molar-refractivity contribution in [3.8, 4) is 5.75 Å². The number of benzene rings is 1. The summed E-state index contributed by atoms with van der Waals surface area (Å²) in [6, 6.07) is 5.65. The van der Waals surface area contributed by atoms with Crippen LogP contribution >= 0.6 is 0 Å². The summed E-state index contributed by atoms with van der Waals surface area (Å²) in [5.74, 6) is 0.671. The molecular weight excluding hydrogens is 228 g/mol. The fourth-order valence-electron chi connectivity index (χ4n) is 3.09. The van der Waals surface area contributed by atoms with Crippen molar-refractivity contribution in [2.24, 2.45) is 5.92 Å². The quantitative estimate of drug-likeness (QED) is 0.781. The van der Waals surface area contributed by atoms with E-state index >= 15 is 0 Å². The average Bonchev–Trinajstić information content (AvgIpc) is 2.94. The van der Waals surface area contributed by atoms with Crippen molar-refractivity contribution in [2.75, 3.05) is 19.6 Å². The molecule has 1 aromatic rings. The number of amides is 1. The van der Waals surface area contributed by atoms with Crippen molar-refractivity contribution in [1.82, 2.24) is 10.2 Å². The molecule has 0 unspecified atom stereocenters. The monoisotopic (exact) mass is 246 g/mol. The van der Waals surface area contributed by atoms with E-state index < -0.39 is 0 Å². The highest BCUT2D eigenvalue weighted by molar-refractivity contribution is 5.97. The summed E-state index contributed by atoms with van der Waals surface area (Å²) in [4.78, 5) is 14.4. The van der Waals surface area contributed by atoms with E-state index in [0.29, 0.717) is 17.5 Å². The van der Waals surface area contributed by atoms with E-state index in [1.807, 2.05) is 24.0 Å². The van der Waals surface area contributed by atoms with Crippen LogP contribution in [0.5, 0.6) is 5.75 Å². The smallest absolute Gasteiger partial charge is 0.257 e. The van der Waals surface area contributed by atoms with Crippen LogP contribution in [0.3, 0.4) is 0 Å². The second kappa shape index (κ2) is 4.28. The molecule has 0 saturated carbocycles. The van der Waals surface area contributed by atoms with Crippen LogP contribution in [0.15, 0.2) is 18.2 Å². The fourth-order valence-corrected chi connectivity index (χ4v) is 3.09. The Bertz CT molecular complexity index is 487. The number of aryl methyl sites for hydroxylation is 1. The number of rotatable bonds is 1. The number of carbonyl (C=O) groups is 1. The summed E-state index contributed by atoms with van der Waals surface area (Å²) < 4.78 is 0. The third-order valence-electron chi connectivity index (χ3n) is 4.17. The van der Waals surface area contributed by atoms with Gasteiger partial charge < -0.3 is 15.3 Å². The molecule has 0 radical (unpaired) electrons. The minimum Gasteiger partial charge on any atom is -0.507 e. The molecular formula is C14H18N2O2. The van der Waals surface area contributed by atoms with Gasteiger partial charge in [-0.05, 0) is 30.9 Å². The minimum atomic E-state index is -0.0348. The zero-order valence-electron chi connectivity index (χ0n) is 10.5. The molecule has 2 heterocycles. The summed E-state index contributed by atoms with van der Waals surface area (Å²) in [5.41, 5.74) is 1.18. The van der Waals surface area contributed by atoms with Crippen molar-refractivity contribution in [1.29, 1.82) is 0 Å². The van der Waals surface area contributed by atoms with Crippen molar-refractivity contribution in [3.63, 3.8) is 0 Å². The van der Waals surface area contributed by atoms with Gasteiger partial charge in [-0.2, -0.15) is 0 Å². The zero-order valence-corrected chi connectivity index (χ0v) is 10.5. The molecule has 4 nitrogen and oxygen atoms in total. The molecule has 3 rings (SSSR count). The second-order valence-corrected chi connectivity index (χ2v) is 5.24. The van der Waals surface area contributed by atoms with Gasteiger partial charge in [0.25, 0.3) is 5.91 Å². The van der Waals surface area contributed by atoms with E-state index in [4.69, 9.17) is 0 Å². The van der Waals surface area contributed by atoms with E-state index in [2.05, 4.69) is 5.32 Å². The highest BCUT2D eigenvalue weighted by atomic mass is 16.3. The van der Waals surface area contributed by atoms with Gasteiger partial charge >= 0.3 is 0 Å². The molecule has 18 heavy (non-hydrogen) atoms. The molecule has 2 aliphatic heterocycles. The Morgan fingerprint density at radius 2 is 2.28 bits per heavy atom. The Hall–Kier alpha value is -1.55. The third-order valence-corrected chi connectivity index (χ3v) is 4.17. The van der Waals surface area contributed by atoms with Crippen molar-refractivity contribution in [2.45, 2.75) is 19.4 Å². The largest absolute Gasteiger partial charge is 0.507 e. The maximum absolute atomic E-state index is 12.5. The van der Waals surface area contributed by atoms with Gasteiger partial charge in [0, 0.05) is 25.7 Å². The number of likely N-dealkylation sites (tertiary alicyclic amines) is 1. The highest BCUT2D eigenvalue weighted by Crippen LogP contribution is 2.31. The van der Waals surface area contributed by atoms with Crippen LogP contribution in [-0.2, 0) is 0 Å². The van der Waals surface area contributed by atoms with Gasteiger partial charge in [-0.15, -0.1) is 0 Å². The summed E-state index contributed by atoms with van der Waals surface area (Å²) in [6.45, 7) is 4.51. The molecule has 2 aliphatic rings. The van der Waals surface area contributed by atoms with E-state index in [1.54, 1.807) is 6.07 Å². The number of hydrogen-bond donors (Lipinski definition) is 2. The number of aromatic hydroxyl groups is 1. The van der Waals surface area contributed by atoms with Gasteiger partial charge in [0.1, 0.15) is 5.75 Å². The first-order chi connectivity index (χ1) is 8.68. The molecule has 0 bridgehead atoms. The molecule has 0 aliphatic carbocycles. The first-order valence-electron chi connectivity index (χ1n) is 6.48. The summed E-state index contributed by atoms with van der Waals surface area (Å²) in [5, 5.41) is 13.3. The Balaban J connectivity index is 1.88. The maximum atomic E-state index is 12.5. The molecule has 96 valence electrons. The average molecular weight is 246 g/mol.